The lowest BCUT2D eigenvalue weighted by Crippen LogP contribution is -2.24. The maximum absolute atomic E-state index is 4.48. The van der Waals surface area contributed by atoms with E-state index in [1.54, 1.807) is 11.3 Å². The van der Waals surface area contributed by atoms with Gasteiger partial charge in [-0.15, -0.1) is 11.3 Å². The Morgan fingerprint density at radius 2 is 2.00 bits per heavy atom. The molecule has 15 heavy (non-hydrogen) atoms. The molecular weight excluding hydrogens is 206 g/mol. The van der Waals surface area contributed by atoms with Crippen LogP contribution in [0.15, 0.2) is 6.20 Å². The zero-order valence-electron chi connectivity index (χ0n) is 9.92. The highest BCUT2D eigenvalue weighted by atomic mass is 32.1. The third kappa shape index (κ3) is 3.80. The van der Waals surface area contributed by atoms with E-state index in [0.717, 1.165) is 19.6 Å². The van der Waals surface area contributed by atoms with Crippen LogP contribution in [0.2, 0.25) is 0 Å². The first-order valence-corrected chi connectivity index (χ1v) is 6.47. The van der Waals surface area contributed by atoms with Gasteiger partial charge in [0.2, 0.25) is 0 Å². The Labute approximate surface area is 96.5 Å². The lowest BCUT2D eigenvalue weighted by Gasteiger charge is -2.19. The fourth-order valence-corrected chi connectivity index (χ4v) is 2.52. The molecule has 86 valence electrons. The van der Waals surface area contributed by atoms with Crippen molar-refractivity contribution >= 4 is 16.5 Å². The SMILES string of the molecule is CCCN(CCC)c1ncc(CNC)s1. The number of thiazole rings is 1. The molecule has 0 unspecified atom stereocenters. The average molecular weight is 227 g/mol. The maximum atomic E-state index is 4.48. The molecule has 0 aliphatic rings. The predicted octanol–water partition coefficient (Wildman–Crippen LogP) is 2.49. The van der Waals surface area contributed by atoms with Crippen molar-refractivity contribution in [3.05, 3.63) is 11.1 Å². The predicted molar refractivity (Wildman–Crippen MR) is 67.7 cm³/mol. The van der Waals surface area contributed by atoms with Gasteiger partial charge in [0.05, 0.1) is 0 Å². The van der Waals surface area contributed by atoms with Gasteiger partial charge in [0.25, 0.3) is 0 Å². The lowest BCUT2D eigenvalue weighted by molar-refractivity contribution is 0.742. The number of nitrogens with zero attached hydrogens (tertiary/aromatic N) is 2. The van der Waals surface area contributed by atoms with Crippen molar-refractivity contribution in [1.82, 2.24) is 10.3 Å². The molecule has 0 spiro atoms. The highest BCUT2D eigenvalue weighted by Gasteiger charge is 2.08. The summed E-state index contributed by atoms with van der Waals surface area (Å²) >= 11 is 1.80. The van der Waals surface area contributed by atoms with Crippen LogP contribution >= 0.6 is 11.3 Å². The lowest BCUT2D eigenvalue weighted by atomic mass is 10.4. The largest absolute Gasteiger partial charge is 0.348 e. The van der Waals surface area contributed by atoms with Crippen LogP contribution in [0.3, 0.4) is 0 Å². The molecule has 1 aromatic heterocycles. The summed E-state index contributed by atoms with van der Waals surface area (Å²) in [4.78, 5) is 8.17. The van der Waals surface area contributed by atoms with Crippen molar-refractivity contribution in [1.29, 1.82) is 0 Å². The Kier molecular flexibility index (Phi) is 5.65. The zero-order chi connectivity index (χ0) is 11.1. The summed E-state index contributed by atoms with van der Waals surface area (Å²) in [6.07, 6.45) is 4.34. The van der Waals surface area contributed by atoms with Crippen LogP contribution in [0, 0.1) is 0 Å². The van der Waals surface area contributed by atoms with Gasteiger partial charge >= 0.3 is 0 Å². The van der Waals surface area contributed by atoms with Gasteiger partial charge in [0, 0.05) is 30.7 Å². The van der Waals surface area contributed by atoms with Crippen molar-refractivity contribution in [3.63, 3.8) is 0 Å². The zero-order valence-corrected chi connectivity index (χ0v) is 10.7. The molecule has 0 aromatic carbocycles. The molecule has 0 fully saturated rings. The number of aromatic nitrogens is 1. The van der Waals surface area contributed by atoms with E-state index in [1.807, 2.05) is 13.2 Å². The molecule has 0 amide bonds. The van der Waals surface area contributed by atoms with E-state index in [2.05, 4.69) is 29.0 Å². The molecule has 0 bridgehead atoms. The third-order valence-corrected chi connectivity index (χ3v) is 3.21. The Morgan fingerprint density at radius 1 is 1.33 bits per heavy atom. The van der Waals surface area contributed by atoms with E-state index in [0.29, 0.717) is 0 Å². The fourth-order valence-electron chi connectivity index (χ4n) is 1.54. The Morgan fingerprint density at radius 3 is 2.53 bits per heavy atom. The minimum Gasteiger partial charge on any atom is -0.348 e. The minimum absolute atomic E-state index is 0.920. The molecule has 1 rings (SSSR count). The van der Waals surface area contributed by atoms with Crippen molar-refractivity contribution in [2.45, 2.75) is 33.2 Å². The summed E-state index contributed by atoms with van der Waals surface area (Å²) in [6.45, 7) is 7.57. The molecule has 0 saturated heterocycles. The van der Waals surface area contributed by atoms with Crippen molar-refractivity contribution in [3.8, 4) is 0 Å². The molecule has 1 N–H and O–H groups in total. The van der Waals surface area contributed by atoms with Crippen molar-refractivity contribution in [2.75, 3.05) is 25.0 Å². The minimum atomic E-state index is 0.920. The molecule has 0 atom stereocenters. The van der Waals surface area contributed by atoms with Crippen LogP contribution in [0.1, 0.15) is 31.6 Å². The molecule has 0 saturated carbocycles. The molecule has 1 heterocycles. The second kappa shape index (κ2) is 6.80. The van der Waals surface area contributed by atoms with Gasteiger partial charge in [-0.3, -0.25) is 0 Å². The van der Waals surface area contributed by atoms with Gasteiger partial charge < -0.3 is 10.2 Å². The first kappa shape index (κ1) is 12.5. The second-order valence-electron chi connectivity index (χ2n) is 3.63. The normalized spacial score (nSPS) is 10.6. The molecule has 0 aliphatic carbocycles. The van der Waals surface area contributed by atoms with Gasteiger partial charge in [-0.2, -0.15) is 0 Å². The summed E-state index contributed by atoms with van der Waals surface area (Å²) in [5.74, 6) is 0. The Hall–Kier alpha value is -0.610. The molecule has 3 nitrogen and oxygen atoms in total. The third-order valence-electron chi connectivity index (χ3n) is 2.15. The Bertz CT molecular complexity index is 267. The second-order valence-corrected chi connectivity index (χ2v) is 4.72. The average Bonchev–Trinajstić information content (AvgIpc) is 2.67. The standard InChI is InChI=1S/C11H21N3S/c1-4-6-14(7-5-2)11-13-9-10(15-11)8-12-3/h9,12H,4-8H2,1-3H3. The highest BCUT2D eigenvalue weighted by molar-refractivity contribution is 7.15. The van der Waals surface area contributed by atoms with Crippen LogP contribution in [0.4, 0.5) is 5.13 Å². The Balaban J connectivity index is 2.63. The van der Waals surface area contributed by atoms with E-state index < -0.39 is 0 Å². The maximum Gasteiger partial charge on any atom is 0.185 e. The topological polar surface area (TPSA) is 28.2 Å². The summed E-state index contributed by atoms with van der Waals surface area (Å²) in [7, 11) is 1.97. The molecule has 1 aromatic rings. The summed E-state index contributed by atoms with van der Waals surface area (Å²) < 4.78 is 0. The smallest absolute Gasteiger partial charge is 0.185 e. The van der Waals surface area contributed by atoms with Crippen LogP contribution in [-0.4, -0.2) is 25.1 Å². The summed E-state index contributed by atoms with van der Waals surface area (Å²) in [5, 5.41) is 4.32. The summed E-state index contributed by atoms with van der Waals surface area (Å²) in [5.41, 5.74) is 0. The molecule has 4 heteroatoms. The number of hydrogen-bond donors (Lipinski definition) is 1. The van der Waals surface area contributed by atoms with Crippen molar-refractivity contribution in [2.24, 2.45) is 0 Å². The summed E-state index contributed by atoms with van der Waals surface area (Å²) in [6, 6.07) is 0. The van der Waals surface area contributed by atoms with Gasteiger partial charge in [-0.25, -0.2) is 4.98 Å². The number of rotatable bonds is 7. The van der Waals surface area contributed by atoms with E-state index in [4.69, 9.17) is 0 Å². The van der Waals surface area contributed by atoms with Crippen LogP contribution in [-0.2, 0) is 6.54 Å². The van der Waals surface area contributed by atoms with E-state index in [9.17, 15) is 0 Å². The van der Waals surface area contributed by atoms with E-state index in [1.165, 1.54) is 22.9 Å². The van der Waals surface area contributed by atoms with E-state index in [-0.39, 0.29) is 0 Å². The monoisotopic (exact) mass is 227 g/mol. The number of nitrogens with one attached hydrogen (secondary N) is 1. The molecule has 0 radical (unpaired) electrons. The van der Waals surface area contributed by atoms with Gasteiger partial charge in [-0.1, -0.05) is 13.8 Å². The first-order chi connectivity index (χ1) is 7.31. The quantitative estimate of drug-likeness (QED) is 0.775. The van der Waals surface area contributed by atoms with E-state index >= 15 is 0 Å². The molecular formula is C11H21N3S. The van der Waals surface area contributed by atoms with Gasteiger partial charge in [0.1, 0.15) is 0 Å². The van der Waals surface area contributed by atoms with Crippen LogP contribution in [0.5, 0.6) is 0 Å². The highest BCUT2D eigenvalue weighted by Crippen LogP contribution is 2.22. The van der Waals surface area contributed by atoms with Crippen LogP contribution in [0.25, 0.3) is 0 Å². The number of anilines is 1. The fraction of sp³-hybridized carbons (Fsp3) is 0.727. The number of hydrogen-bond acceptors (Lipinski definition) is 4. The first-order valence-electron chi connectivity index (χ1n) is 5.66. The van der Waals surface area contributed by atoms with Gasteiger partial charge in [-0.05, 0) is 19.9 Å². The van der Waals surface area contributed by atoms with Gasteiger partial charge in [0.15, 0.2) is 5.13 Å². The van der Waals surface area contributed by atoms with Crippen molar-refractivity contribution < 1.29 is 0 Å². The van der Waals surface area contributed by atoms with Crippen LogP contribution < -0.4 is 10.2 Å². The molecule has 0 aliphatic heterocycles.